The highest BCUT2D eigenvalue weighted by molar-refractivity contribution is 6.05. The van der Waals surface area contributed by atoms with Gasteiger partial charge in [-0.1, -0.05) is 68.3 Å². The molecule has 3 aromatic carbocycles. The second-order valence-corrected chi connectivity index (χ2v) is 10.1. The van der Waals surface area contributed by atoms with Crippen molar-refractivity contribution in [2.24, 2.45) is 0 Å². The zero-order valence-corrected chi connectivity index (χ0v) is 22.4. The van der Waals surface area contributed by atoms with Gasteiger partial charge in [-0.25, -0.2) is 9.78 Å². The summed E-state index contributed by atoms with van der Waals surface area (Å²) in [5.41, 5.74) is 5.15. The fourth-order valence-corrected chi connectivity index (χ4v) is 5.67. The van der Waals surface area contributed by atoms with Crippen molar-refractivity contribution in [3.8, 4) is 0 Å². The van der Waals surface area contributed by atoms with E-state index in [1.807, 2.05) is 47.0 Å². The van der Waals surface area contributed by atoms with Crippen molar-refractivity contribution < 1.29 is 9.53 Å². The number of nitrogens with zero attached hydrogens (tertiary/aromatic N) is 4. The van der Waals surface area contributed by atoms with Gasteiger partial charge in [-0.3, -0.25) is 13.8 Å². The lowest BCUT2D eigenvalue weighted by atomic mass is 10.1. The average Bonchev–Trinajstić information content (AvgIpc) is 3.50. The molecule has 0 saturated carbocycles. The van der Waals surface area contributed by atoms with Crippen molar-refractivity contribution in [1.29, 1.82) is 0 Å². The second-order valence-electron chi connectivity index (χ2n) is 10.1. The van der Waals surface area contributed by atoms with Gasteiger partial charge in [0.15, 0.2) is 0 Å². The summed E-state index contributed by atoms with van der Waals surface area (Å²) >= 11 is 0. The SMILES string of the molecule is CCCCCn1c(=O)c2ccccc2c2nc3n(CCCc4ccccc4)c4ccc(C(=O)OC)cc4n3c21. The maximum absolute atomic E-state index is 13.8. The number of esters is 1. The van der Waals surface area contributed by atoms with Crippen LogP contribution in [0.2, 0.25) is 0 Å². The number of carbonyl (C=O) groups is 1. The van der Waals surface area contributed by atoms with Crippen LogP contribution in [0.3, 0.4) is 0 Å². The third-order valence-corrected chi connectivity index (χ3v) is 7.59. The molecule has 39 heavy (non-hydrogen) atoms. The number of pyridine rings is 1. The van der Waals surface area contributed by atoms with E-state index in [0.29, 0.717) is 17.5 Å². The number of unbranched alkanes of at least 4 members (excludes halogenated alkanes) is 2. The summed E-state index contributed by atoms with van der Waals surface area (Å²) in [4.78, 5) is 31.5. The summed E-state index contributed by atoms with van der Waals surface area (Å²) in [7, 11) is 1.39. The molecule has 0 radical (unpaired) electrons. The molecule has 0 spiro atoms. The van der Waals surface area contributed by atoms with Gasteiger partial charge in [0.05, 0.1) is 23.7 Å². The normalized spacial score (nSPS) is 11.7. The van der Waals surface area contributed by atoms with Gasteiger partial charge in [0.2, 0.25) is 5.78 Å². The molecule has 7 heteroatoms. The number of rotatable bonds is 9. The summed E-state index contributed by atoms with van der Waals surface area (Å²) < 4.78 is 11.2. The lowest BCUT2D eigenvalue weighted by Crippen LogP contribution is -2.21. The van der Waals surface area contributed by atoms with E-state index in [9.17, 15) is 9.59 Å². The predicted octanol–water partition coefficient (Wildman–Crippen LogP) is 6.37. The highest BCUT2D eigenvalue weighted by atomic mass is 16.5. The van der Waals surface area contributed by atoms with Gasteiger partial charge >= 0.3 is 5.97 Å². The van der Waals surface area contributed by atoms with Crippen LogP contribution in [0.25, 0.3) is 38.7 Å². The number of aromatic nitrogens is 4. The lowest BCUT2D eigenvalue weighted by Gasteiger charge is -2.11. The van der Waals surface area contributed by atoms with E-state index in [1.165, 1.54) is 12.7 Å². The number of carbonyl (C=O) groups excluding carboxylic acids is 1. The van der Waals surface area contributed by atoms with E-state index >= 15 is 0 Å². The molecule has 0 unspecified atom stereocenters. The zero-order chi connectivity index (χ0) is 26.9. The smallest absolute Gasteiger partial charge is 0.337 e. The third-order valence-electron chi connectivity index (χ3n) is 7.59. The Hall–Kier alpha value is -4.39. The van der Waals surface area contributed by atoms with Crippen LogP contribution >= 0.6 is 0 Å². The van der Waals surface area contributed by atoms with Crippen LogP contribution in [-0.2, 0) is 24.2 Å². The minimum atomic E-state index is -0.392. The summed E-state index contributed by atoms with van der Waals surface area (Å²) in [6, 6.07) is 23.8. The monoisotopic (exact) mass is 520 g/mol. The van der Waals surface area contributed by atoms with Crippen molar-refractivity contribution in [2.45, 2.75) is 52.1 Å². The molecular weight excluding hydrogens is 488 g/mol. The van der Waals surface area contributed by atoms with Crippen LogP contribution in [0.15, 0.2) is 77.6 Å². The van der Waals surface area contributed by atoms with Gasteiger partial charge < -0.3 is 9.30 Å². The number of ether oxygens (including phenoxy) is 1. The van der Waals surface area contributed by atoms with Gasteiger partial charge in [0.25, 0.3) is 5.56 Å². The molecule has 0 saturated heterocycles. The predicted molar refractivity (Wildman–Crippen MR) is 156 cm³/mol. The fraction of sp³-hybridized carbons (Fsp3) is 0.281. The maximum Gasteiger partial charge on any atom is 0.337 e. The third kappa shape index (κ3) is 4.28. The van der Waals surface area contributed by atoms with Crippen LogP contribution in [0.5, 0.6) is 0 Å². The summed E-state index contributed by atoms with van der Waals surface area (Å²) in [5, 5.41) is 1.53. The Balaban J connectivity index is 1.62. The van der Waals surface area contributed by atoms with Crippen LogP contribution in [0, 0.1) is 0 Å². The molecule has 0 aliphatic heterocycles. The Morgan fingerprint density at radius 1 is 0.846 bits per heavy atom. The number of aryl methyl sites for hydroxylation is 3. The van der Waals surface area contributed by atoms with E-state index in [-0.39, 0.29) is 5.56 Å². The van der Waals surface area contributed by atoms with Crippen molar-refractivity contribution in [3.05, 3.63) is 94.3 Å². The lowest BCUT2D eigenvalue weighted by molar-refractivity contribution is 0.0601. The number of hydrogen-bond donors (Lipinski definition) is 0. The molecule has 198 valence electrons. The topological polar surface area (TPSA) is 70.5 Å². The fourth-order valence-electron chi connectivity index (χ4n) is 5.67. The van der Waals surface area contributed by atoms with Crippen molar-refractivity contribution >= 4 is 44.7 Å². The molecule has 0 bridgehead atoms. The Morgan fingerprint density at radius 2 is 1.59 bits per heavy atom. The first-order valence-corrected chi connectivity index (χ1v) is 13.7. The van der Waals surface area contributed by atoms with Crippen molar-refractivity contribution in [2.75, 3.05) is 7.11 Å². The van der Waals surface area contributed by atoms with Crippen LogP contribution in [0.4, 0.5) is 0 Å². The minimum absolute atomic E-state index is 0.00916. The minimum Gasteiger partial charge on any atom is -0.465 e. The van der Waals surface area contributed by atoms with Gasteiger partial charge in [-0.2, -0.15) is 0 Å². The van der Waals surface area contributed by atoms with Crippen molar-refractivity contribution in [3.63, 3.8) is 0 Å². The Kier molecular flexibility index (Phi) is 6.65. The van der Waals surface area contributed by atoms with Crippen LogP contribution < -0.4 is 5.56 Å². The van der Waals surface area contributed by atoms with E-state index < -0.39 is 5.97 Å². The molecular formula is C32H32N4O3. The molecule has 3 heterocycles. The molecule has 0 fully saturated rings. The second kappa shape index (κ2) is 10.4. The van der Waals surface area contributed by atoms with E-state index in [4.69, 9.17) is 9.72 Å². The first kappa shape index (κ1) is 24.9. The quantitative estimate of drug-likeness (QED) is 0.164. The number of fused-ring (bicyclic) bond motifs is 7. The molecule has 6 aromatic rings. The van der Waals surface area contributed by atoms with Gasteiger partial charge in [0.1, 0.15) is 11.2 Å². The first-order chi connectivity index (χ1) is 19.1. The molecule has 0 N–H and O–H groups in total. The number of hydrogen-bond acceptors (Lipinski definition) is 4. The highest BCUT2D eigenvalue weighted by Crippen LogP contribution is 2.30. The summed E-state index contributed by atoms with van der Waals surface area (Å²) in [6.45, 7) is 3.52. The Morgan fingerprint density at radius 3 is 2.36 bits per heavy atom. The molecule has 3 aromatic heterocycles. The zero-order valence-electron chi connectivity index (χ0n) is 22.4. The van der Waals surface area contributed by atoms with Gasteiger partial charge in [-0.15, -0.1) is 0 Å². The Bertz CT molecular complexity index is 1880. The van der Waals surface area contributed by atoms with E-state index in [2.05, 4.69) is 40.2 Å². The van der Waals surface area contributed by atoms with Crippen molar-refractivity contribution in [1.82, 2.24) is 18.5 Å². The Labute approximate surface area is 226 Å². The van der Waals surface area contributed by atoms with Gasteiger partial charge in [-0.05, 0) is 49.1 Å². The highest BCUT2D eigenvalue weighted by Gasteiger charge is 2.22. The molecule has 0 aliphatic carbocycles. The largest absolute Gasteiger partial charge is 0.465 e. The van der Waals surface area contributed by atoms with Crippen LogP contribution in [0.1, 0.15) is 48.5 Å². The molecule has 0 aliphatic rings. The van der Waals surface area contributed by atoms with Crippen LogP contribution in [-0.4, -0.2) is 31.6 Å². The molecule has 6 rings (SSSR count). The number of benzene rings is 3. The summed E-state index contributed by atoms with van der Waals surface area (Å²) in [5.74, 6) is 0.382. The van der Waals surface area contributed by atoms with Gasteiger partial charge in [0, 0.05) is 23.9 Å². The number of imidazole rings is 2. The average molecular weight is 521 g/mol. The van der Waals surface area contributed by atoms with E-state index in [0.717, 1.165) is 72.0 Å². The molecule has 7 nitrogen and oxygen atoms in total. The summed E-state index contributed by atoms with van der Waals surface area (Å²) in [6.07, 6.45) is 4.88. The first-order valence-electron chi connectivity index (χ1n) is 13.7. The number of methoxy groups -OCH3 is 1. The van der Waals surface area contributed by atoms with E-state index in [1.54, 1.807) is 6.07 Å². The standard InChI is InChI=1S/C32H32N4O3/c1-3-4-10-19-35-29-28(24-15-8-9-16-25(24)30(35)37)33-32-34(20-11-14-22-12-6-5-7-13-22)26-18-17-23(31(38)39-2)21-27(26)36(29)32/h5-9,12-13,15-18,21H,3-4,10-11,14,19-20H2,1-2H3. The molecule has 0 amide bonds. The molecule has 0 atom stereocenters. The maximum atomic E-state index is 13.8.